The molecule has 1 aromatic carbocycles. The molecule has 0 aliphatic heterocycles. The van der Waals surface area contributed by atoms with Gasteiger partial charge in [-0.2, -0.15) is 0 Å². The average molecular weight is 343 g/mol. The second-order valence-electron chi connectivity index (χ2n) is 3.80. The first kappa shape index (κ1) is 15.5. The van der Waals surface area contributed by atoms with Gasteiger partial charge in [0.2, 0.25) is 10.0 Å². The number of halogens is 3. The number of hydrogen-bond acceptors (Lipinski definition) is 3. The number of hydrogen-bond donors (Lipinski definition) is 2. The Bertz CT molecular complexity index is 535. The van der Waals surface area contributed by atoms with Crippen LogP contribution in [0.1, 0.15) is 5.56 Å². The molecule has 8 heteroatoms. The standard InChI is InChI=1S/C10H13BrF2N2O2S/c1-7-4-8(2-3-9(7)11)18(16,17)15-6-10(12,13)5-14/h2-4,15H,5-6,14H2,1H3. The molecule has 0 heterocycles. The molecule has 0 saturated heterocycles. The highest BCUT2D eigenvalue weighted by atomic mass is 79.9. The molecular weight excluding hydrogens is 330 g/mol. The summed E-state index contributed by atoms with van der Waals surface area (Å²) in [7, 11) is -3.95. The molecule has 0 spiro atoms. The minimum absolute atomic E-state index is 0.0592. The van der Waals surface area contributed by atoms with E-state index in [0.717, 1.165) is 4.47 Å². The van der Waals surface area contributed by atoms with Crippen LogP contribution < -0.4 is 10.5 Å². The predicted octanol–water partition coefficient (Wildman–Crippen LogP) is 1.63. The third kappa shape index (κ3) is 3.98. The van der Waals surface area contributed by atoms with Crippen LogP contribution in [-0.2, 0) is 10.0 Å². The normalized spacial score (nSPS) is 12.7. The maximum Gasteiger partial charge on any atom is 0.273 e. The van der Waals surface area contributed by atoms with Gasteiger partial charge in [0.15, 0.2) is 0 Å². The number of alkyl halides is 2. The number of nitrogens with two attached hydrogens (primary N) is 1. The molecule has 3 N–H and O–H groups in total. The lowest BCUT2D eigenvalue weighted by molar-refractivity contribution is 0.0170. The molecule has 1 rings (SSSR count). The van der Waals surface area contributed by atoms with Crippen LogP contribution in [0.15, 0.2) is 27.6 Å². The Morgan fingerprint density at radius 1 is 1.44 bits per heavy atom. The number of sulfonamides is 1. The molecule has 0 unspecified atom stereocenters. The van der Waals surface area contributed by atoms with E-state index in [1.165, 1.54) is 12.1 Å². The van der Waals surface area contributed by atoms with E-state index in [4.69, 9.17) is 5.73 Å². The van der Waals surface area contributed by atoms with Crippen LogP contribution in [0.4, 0.5) is 8.78 Å². The van der Waals surface area contributed by atoms with Crippen LogP contribution >= 0.6 is 15.9 Å². The lowest BCUT2D eigenvalue weighted by Crippen LogP contribution is -2.41. The minimum Gasteiger partial charge on any atom is -0.325 e. The van der Waals surface area contributed by atoms with Crippen molar-refractivity contribution in [3.63, 3.8) is 0 Å². The Morgan fingerprint density at radius 2 is 2.06 bits per heavy atom. The lowest BCUT2D eigenvalue weighted by atomic mass is 10.2. The molecule has 18 heavy (non-hydrogen) atoms. The van der Waals surface area contributed by atoms with Gasteiger partial charge in [-0.1, -0.05) is 15.9 Å². The SMILES string of the molecule is Cc1cc(S(=O)(=O)NCC(F)(F)CN)ccc1Br. The number of rotatable bonds is 5. The summed E-state index contributed by atoms with van der Waals surface area (Å²) in [6.45, 7) is -0.215. The van der Waals surface area contributed by atoms with Crippen LogP contribution in [0.25, 0.3) is 0 Å². The van der Waals surface area contributed by atoms with E-state index < -0.39 is 29.0 Å². The molecule has 4 nitrogen and oxygen atoms in total. The van der Waals surface area contributed by atoms with Crippen molar-refractivity contribution in [2.75, 3.05) is 13.1 Å². The van der Waals surface area contributed by atoms with Crippen molar-refractivity contribution in [2.24, 2.45) is 5.73 Å². The summed E-state index contributed by atoms with van der Waals surface area (Å²) in [5.41, 5.74) is 5.52. The van der Waals surface area contributed by atoms with E-state index >= 15 is 0 Å². The molecule has 0 aliphatic carbocycles. The lowest BCUT2D eigenvalue weighted by Gasteiger charge is -2.15. The fourth-order valence-electron chi connectivity index (χ4n) is 1.14. The first-order valence-corrected chi connectivity index (χ1v) is 7.29. The molecule has 0 bridgehead atoms. The largest absolute Gasteiger partial charge is 0.325 e. The van der Waals surface area contributed by atoms with Gasteiger partial charge in [-0.05, 0) is 30.7 Å². The summed E-state index contributed by atoms with van der Waals surface area (Å²) in [4.78, 5) is -0.0592. The van der Waals surface area contributed by atoms with Gasteiger partial charge in [0.1, 0.15) is 0 Å². The second-order valence-corrected chi connectivity index (χ2v) is 6.42. The number of benzene rings is 1. The van der Waals surface area contributed by atoms with Crippen molar-refractivity contribution in [3.8, 4) is 0 Å². The summed E-state index contributed by atoms with van der Waals surface area (Å²) < 4.78 is 51.9. The Morgan fingerprint density at radius 3 is 2.56 bits per heavy atom. The first-order valence-electron chi connectivity index (χ1n) is 5.02. The third-order valence-corrected chi connectivity index (χ3v) is 4.55. The van der Waals surface area contributed by atoms with Crippen molar-refractivity contribution >= 4 is 26.0 Å². The first-order chi connectivity index (χ1) is 8.18. The Balaban J connectivity index is 2.90. The van der Waals surface area contributed by atoms with E-state index in [1.54, 1.807) is 13.0 Å². The van der Waals surface area contributed by atoms with E-state index in [2.05, 4.69) is 15.9 Å². The summed E-state index contributed by atoms with van der Waals surface area (Å²) in [5, 5.41) is 0. The highest BCUT2D eigenvalue weighted by Crippen LogP contribution is 2.20. The maximum absolute atomic E-state index is 12.9. The third-order valence-electron chi connectivity index (χ3n) is 2.26. The van der Waals surface area contributed by atoms with Gasteiger partial charge in [-0.25, -0.2) is 21.9 Å². The van der Waals surface area contributed by atoms with Gasteiger partial charge in [-0.15, -0.1) is 0 Å². The molecular formula is C10H13BrF2N2O2S. The van der Waals surface area contributed by atoms with Gasteiger partial charge in [0, 0.05) is 4.47 Å². The van der Waals surface area contributed by atoms with Crippen molar-refractivity contribution in [3.05, 3.63) is 28.2 Å². The van der Waals surface area contributed by atoms with Crippen LogP contribution in [0.2, 0.25) is 0 Å². The maximum atomic E-state index is 12.9. The van der Waals surface area contributed by atoms with Crippen molar-refractivity contribution in [2.45, 2.75) is 17.7 Å². The zero-order valence-electron chi connectivity index (χ0n) is 9.58. The summed E-state index contributed by atoms with van der Waals surface area (Å²) in [6.07, 6.45) is 0. The fraction of sp³-hybridized carbons (Fsp3) is 0.400. The van der Waals surface area contributed by atoms with Crippen molar-refractivity contribution in [1.29, 1.82) is 0 Å². The fourth-order valence-corrected chi connectivity index (χ4v) is 2.53. The van der Waals surface area contributed by atoms with E-state index in [9.17, 15) is 17.2 Å². The van der Waals surface area contributed by atoms with Crippen molar-refractivity contribution in [1.82, 2.24) is 4.72 Å². The van der Waals surface area contributed by atoms with Crippen molar-refractivity contribution < 1.29 is 17.2 Å². The number of nitrogens with one attached hydrogen (secondary N) is 1. The van der Waals surface area contributed by atoms with E-state index in [0.29, 0.717) is 5.56 Å². The van der Waals surface area contributed by atoms with Crippen LogP contribution in [-0.4, -0.2) is 27.4 Å². The molecule has 0 fully saturated rings. The molecule has 0 radical (unpaired) electrons. The minimum atomic E-state index is -3.95. The highest BCUT2D eigenvalue weighted by Gasteiger charge is 2.29. The molecule has 0 saturated carbocycles. The van der Waals surface area contributed by atoms with Gasteiger partial charge in [0.05, 0.1) is 18.0 Å². The molecule has 1 aromatic rings. The van der Waals surface area contributed by atoms with Crippen LogP contribution in [0.3, 0.4) is 0 Å². The molecule has 0 atom stereocenters. The van der Waals surface area contributed by atoms with E-state index in [-0.39, 0.29) is 4.90 Å². The summed E-state index contributed by atoms with van der Waals surface area (Å²) >= 11 is 3.23. The highest BCUT2D eigenvalue weighted by molar-refractivity contribution is 9.10. The summed E-state index contributed by atoms with van der Waals surface area (Å²) in [6, 6.07) is 4.28. The second kappa shape index (κ2) is 5.60. The van der Waals surface area contributed by atoms with Gasteiger partial charge < -0.3 is 5.73 Å². The topological polar surface area (TPSA) is 72.2 Å². The number of aryl methyl sites for hydroxylation is 1. The Labute approximate surface area is 113 Å². The molecule has 102 valence electrons. The quantitative estimate of drug-likeness (QED) is 0.854. The zero-order chi connectivity index (χ0) is 14.0. The molecule has 0 aromatic heterocycles. The Hall–Kier alpha value is -0.570. The van der Waals surface area contributed by atoms with Gasteiger partial charge >= 0.3 is 0 Å². The average Bonchev–Trinajstić information content (AvgIpc) is 2.30. The van der Waals surface area contributed by atoms with Crippen LogP contribution in [0, 0.1) is 6.92 Å². The summed E-state index contributed by atoms with van der Waals surface area (Å²) in [5.74, 6) is -3.25. The predicted molar refractivity (Wildman–Crippen MR) is 68.1 cm³/mol. The van der Waals surface area contributed by atoms with E-state index in [1.807, 2.05) is 4.72 Å². The Kier molecular flexibility index (Phi) is 4.82. The van der Waals surface area contributed by atoms with Gasteiger partial charge in [-0.3, -0.25) is 0 Å². The zero-order valence-corrected chi connectivity index (χ0v) is 12.0. The van der Waals surface area contributed by atoms with Gasteiger partial charge in [0.25, 0.3) is 5.92 Å². The monoisotopic (exact) mass is 342 g/mol. The molecule has 0 amide bonds. The van der Waals surface area contributed by atoms with Crippen LogP contribution in [0.5, 0.6) is 0 Å². The molecule has 0 aliphatic rings. The smallest absolute Gasteiger partial charge is 0.273 e.